The number of aromatic carboxylic acids is 1. The first-order valence-corrected chi connectivity index (χ1v) is 11.5. The molecule has 0 saturated heterocycles. The van der Waals surface area contributed by atoms with E-state index in [1.165, 1.54) is 0 Å². The summed E-state index contributed by atoms with van der Waals surface area (Å²) in [7, 11) is 0. The maximum atomic E-state index is 12.3. The molecule has 0 fully saturated rings. The molecule has 0 aliphatic carbocycles. The largest absolute Gasteiger partial charge is 0.477 e. The normalized spacial score (nSPS) is 11.4. The molecular formula is C27H24BrNO5. The Morgan fingerprint density at radius 3 is 2.24 bits per heavy atom. The van der Waals surface area contributed by atoms with Gasteiger partial charge in [-0.2, -0.15) is 0 Å². The molecular weight excluding hydrogens is 498 g/mol. The number of carboxylic acids is 1. The Labute approximate surface area is 205 Å². The molecule has 1 aromatic heterocycles. The summed E-state index contributed by atoms with van der Waals surface area (Å²) in [4.78, 5) is 24.3. The standard InChI is InChI=1S/C27H24BrNO5/c1-27(2,3)34-26(32)18-11-9-17(10-12-18)16-29-23-14-20(33-19-7-5-4-6-8-19)13-22(28)21(23)15-24(29)25(30)31/h4-15H,16H2,1-3H3,(H,30,31). The van der Waals surface area contributed by atoms with Crippen LogP contribution in [0.1, 0.15) is 47.2 Å². The van der Waals surface area contributed by atoms with Gasteiger partial charge in [0.05, 0.1) is 11.1 Å². The van der Waals surface area contributed by atoms with E-state index in [0.29, 0.717) is 29.1 Å². The van der Waals surface area contributed by atoms with Crippen molar-refractivity contribution in [2.24, 2.45) is 0 Å². The van der Waals surface area contributed by atoms with Crippen molar-refractivity contribution < 1.29 is 24.2 Å². The van der Waals surface area contributed by atoms with Crippen molar-refractivity contribution in [2.75, 3.05) is 0 Å². The van der Waals surface area contributed by atoms with E-state index >= 15 is 0 Å². The van der Waals surface area contributed by atoms with Crippen molar-refractivity contribution in [3.05, 3.63) is 94.1 Å². The van der Waals surface area contributed by atoms with E-state index in [-0.39, 0.29) is 5.69 Å². The van der Waals surface area contributed by atoms with Crippen LogP contribution in [0.15, 0.2) is 77.3 Å². The van der Waals surface area contributed by atoms with Gasteiger partial charge >= 0.3 is 11.9 Å². The average molecular weight is 522 g/mol. The lowest BCUT2D eigenvalue weighted by Crippen LogP contribution is -2.23. The minimum Gasteiger partial charge on any atom is -0.477 e. The van der Waals surface area contributed by atoms with Crippen LogP contribution in [-0.4, -0.2) is 27.2 Å². The molecule has 0 saturated carbocycles. The molecule has 34 heavy (non-hydrogen) atoms. The smallest absolute Gasteiger partial charge is 0.352 e. The zero-order chi connectivity index (χ0) is 24.5. The first kappa shape index (κ1) is 23.6. The number of nitrogens with zero attached hydrogens (tertiary/aromatic N) is 1. The van der Waals surface area contributed by atoms with Crippen molar-refractivity contribution >= 4 is 38.8 Å². The fourth-order valence-electron chi connectivity index (χ4n) is 3.59. The number of carbonyl (C=O) groups is 2. The number of halogens is 1. The second-order valence-corrected chi connectivity index (χ2v) is 9.73. The minimum absolute atomic E-state index is 0.156. The molecule has 174 valence electrons. The maximum Gasteiger partial charge on any atom is 0.352 e. The van der Waals surface area contributed by atoms with E-state index in [0.717, 1.165) is 15.4 Å². The number of fused-ring (bicyclic) bond motifs is 1. The van der Waals surface area contributed by atoms with Crippen molar-refractivity contribution in [3.63, 3.8) is 0 Å². The predicted molar refractivity (Wildman–Crippen MR) is 134 cm³/mol. The first-order valence-electron chi connectivity index (χ1n) is 10.7. The van der Waals surface area contributed by atoms with Gasteiger partial charge in [0.1, 0.15) is 22.8 Å². The van der Waals surface area contributed by atoms with Crippen molar-refractivity contribution in [2.45, 2.75) is 32.9 Å². The van der Waals surface area contributed by atoms with E-state index in [1.54, 1.807) is 34.9 Å². The number of rotatable bonds is 6. The predicted octanol–water partition coefficient (Wildman–Crippen LogP) is 6.90. The highest BCUT2D eigenvalue weighted by molar-refractivity contribution is 9.10. The Morgan fingerprint density at radius 1 is 0.941 bits per heavy atom. The van der Waals surface area contributed by atoms with Gasteiger partial charge in [-0.3, -0.25) is 0 Å². The van der Waals surface area contributed by atoms with Crippen molar-refractivity contribution in [1.82, 2.24) is 4.57 Å². The van der Waals surface area contributed by atoms with Crippen molar-refractivity contribution in [1.29, 1.82) is 0 Å². The molecule has 4 aromatic rings. The van der Waals surface area contributed by atoms with E-state index in [2.05, 4.69) is 15.9 Å². The van der Waals surface area contributed by atoms with Crippen LogP contribution in [0.2, 0.25) is 0 Å². The highest BCUT2D eigenvalue weighted by Crippen LogP contribution is 2.34. The van der Waals surface area contributed by atoms with Gasteiger partial charge in [0.2, 0.25) is 0 Å². The zero-order valence-electron chi connectivity index (χ0n) is 19.0. The Kier molecular flexibility index (Phi) is 6.48. The Bertz CT molecular complexity index is 1350. The summed E-state index contributed by atoms with van der Waals surface area (Å²) in [5, 5.41) is 10.6. The molecule has 0 bridgehead atoms. The second kappa shape index (κ2) is 9.35. The van der Waals surface area contributed by atoms with Gasteiger partial charge in [-0.25, -0.2) is 9.59 Å². The molecule has 0 atom stereocenters. The lowest BCUT2D eigenvalue weighted by Gasteiger charge is -2.19. The number of carboxylic acid groups (broad SMARTS) is 1. The fraction of sp³-hybridized carbons (Fsp3) is 0.185. The molecule has 0 radical (unpaired) electrons. The SMILES string of the molecule is CC(C)(C)OC(=O)c1ccc(Cn2c(C(=O)O)cc3c(Br)cc(Oc4ccccc4)cc32)cc1. The third-order valence-corrected chi connectivity index (χ3v) is 5.73. The van der Waals surface area contributed by atoms with Crippen LogP contribution < -0.4 is 4.74 Å². The summed E-state index contributed by atoms with van der Waals surface area (Å²) in [6, 6.07) is 21.7. The van der Waals surface area contributed by atoms with Gasteiger partial charge in [0.15, 0.2) is 0 Å². The summed E-state index contributed by atoms with van der Waals surface area (Å²) in [5.74, 6) is -0.160. The third-order valence-electron chi connectivity index (χ3n) is 5.07. The molecule has 0 unspecified atom stereocenters. The fourth-order valence-corrected chi connectivity index (χ4v) is 4.13. The van der Waals surface area contributed by atoms with Gasteiger partial charge in [-0.1, -0.05) is 30.3 Å². The molecule has 6 nitrogen and oxygen atoms in total. The summed E-state index contributed by atoms with van der Waals surface area (Å²) < 4.78 is 13.9. The van der Waals surface area contributed by atoms with Crippen LogP contribution in [0.4, 0.5) is 0 Å². The van der Waals surface area contributed by atoms with Crippen molar-refractivity contribution in [3.8, 4) is 11.5 Å². The summed E-state index contributed by atoms with van der Waals surface area (Å²) in [5.41, 5.74) is 1.58. The second-order valence-electron chi connectivity index (χ2n) is 8.87. The number of ether oxygens (including phenoxy) is 2. The summed E-state index contributed by atoms with van der Waals surface area (Å²) in [6.45, 7) is 5.76. The quantitative estimate of drug-likeness (QED) is 0.279. The number of para-hydroxylation sites is 1. The number of hydrogen-bond acceptors (Lipinski definition) is 4. The molecule has 0 aliphatic heterocycles. The topological polar surface area (TPSA) is 77.8 Å². The summed E-state index contributed by atoms with van der Waals surface area (Å²) >= 11 is 3.55. The Morgan fingerprint density at radius 2 is 1.62 bits per heavy atom. The molecule has 0 spiro atoms. The number of hydrogen-bond donors (Lipinski definition) is 1. The van der Waals surface area contributed by atoms with Gasteiger partial charge < -0.3 is 19.1 Å². The Balaban J connectivity index is 1.69. The molecule has 7 heteroatoms. The minimum atomic E-state index is -1.03. The van der Waals surface area contributed by atoms with Gasteiger partial charge in [0, 0.05) is 22.5 Å². The zero-order valence-corrected chi connectivity index (χ0v) is 20.6. The van der Waals surface area contributed by atoms with Gasteiger partial charge in [0.25, 0.3) is 0 Å². The molecule has 1 heterocycles. The Hall–Kier alpha value is -3.58. The van der Waals surface area contributed by atoms with Crippen LogP contribution in [0.5, 0.6) is 11.5 Å². The highest BCUT2D eigenvalue weighted by Gasteiger charge is 2.20. The van der Waals surface area contributed by atoms with Crippen LogP contribution >= 0.6 is 15.9 Å². The third kappa shape index (κ3) is 5.31. The van der Waals surface area contributed by atoms with Crippen LogP contribution in [0, 0.1) is 0 Å². The van der Waals surface area contributed by atoms with E-state index < -0.39 is 17.5 Å². The van der Waals surface area contributed by atoms with Crippen LogP contribution in [-0.2, 0) is 11.3 Å². The molecule has 3 aromatic carbocycles. The van der Waals surface area contributed by atoms with E-state index in [1.807, 2.05) is 63.2 Å². The maximum absolute atomic E-state index is 12.3. The average Bonchev–Trinajstić information content (AvgIpc) is 3.13. The number of carbonyl (C=O) groups excluding carboxylic acids is 1. The van der Waals surface area contributed by atoms with Crippen LogP contribution in [0.25, 0.3) is 10.9 Å². The lowest BCUT2D eigenvalue weighted by molar-refractivity contribution is 0.00693. The summed E-state index contributed by atoms with van der Waals surface area (Å²) in [6.07, 6.45) is 0. The highest BCUT2D eigenvalue weighted by atomic mass is 79.9. The molecule has 0 amide bonds. The molecule has 4 rings (SSSR count). The first-order chi connectivity index (χ1) is 16.1. The number of esters is 1. The number of benzene rings is 3. The molecule has 0 aliphatic rings. The van der Waals surface area contributed by atoms with E-state index in [9.17, 15) is 14.7 Å². The van der Waals surface area contributed by atoms with Crippen LogP contribution in [0.3, 0.4) is 0 Å². The lowest BCUT2D eigenvalue weighted by atomic mass is 10.1. The number of aromatic nitrogens is 1. The van der Waals surface area contributed by atoms with E-state index in [4.69, 9.17) is 9.47 Å². The van der Waals surface area contributed by atoms with Gasteiger partial charge in [-0.05, 0) is 78.7 Å². The van der Waals surface area contributed by atoms with Gasteiger partial charge in [-0.15, -0.1) is 0 Å². The monoisotopic (exact) mass is 521 g/mol. The molecule has 1 N–H and O–H groups in total.